The third kappa shape index (κ3) is 1.98. The molecule has 1 saturated heterocycles. The molecule has 0 saturated carbocycles. The van der Waals surface area contributed by atoms with E-state index in [0.29, 0.717) is 0 Å². The van der Waals surface area contributed by atoms with Crippen LogP contribution in [0.25, 0.3) is 0 Å². The lowest BCUT2D eigenvalue weighted by atomic mass is 10.2. The van der Waals surface area contributed by atoms with Crippen LogP contribution in [0.2, 0.25) is 0 Å². The third-order valence-electron chi connectivity index (χ3n) is 1.16. The van der Waals surface area contributed by atoms with Crippen molar-refractivity contribution in [3.05, 3.63) is 0 Å². The maximum atomic E-state index is 5.06. The Kier molecular flexibility index (Phi) is 3.09. The number of rotatable bonds is 0. The van der Waals surface area contributed by atoms with Crippen molar-refractivity contribution in [1.29, 1.82) is 0 Å². The van der Waals surface area contributed by atoms with E-state index in [9.17, 15) is 0 Å². The van der Waals surface area contributed by atoms with Crippen molar-refractivity contribution in [1.82, 2.24) is 0 Å². The normalized spacial score (nSPS) is 29.6. The lowest BCUT2D eigenvalue weighted by Crippen LogP contribution is -1.88. The molecular formula is C5H10BO. The first-order valence-corrected chi connectivity index (χ1v) is 2.47. The van der Waals surface area contributed by atoms with Gasteiger partial charge in [0.25, 0.3) is 0 Å². The second-order valence-corrected chi connectivity index (χ2v) is 1.97. The maximum absolute atomic E-state index is 5.06. The highest BCUT2D eigenvalue weighted by molar-refractivity contribution is 5.75. The van der Waals surface area contributed by atoms with Crippen LogP contribution in [0.15, 0.2) is 0 Å². The summed E-state index contributed by atoms with van der Waals surface area (Å²) in [6.45, 7) is 4.19. The molecule has 1 aliphatic rings. The topological polar surface area (TPSA) is 9.23 Å². The van der Waals surface area contributed by atoms with Crippen LogP contribution < -0.4 is 0 Å². The average Bonchev–Trinajstić information content (AvgIpc) is 1.86. The summed E-state index contributed by atoms with van der Waals surface area (Å²) in [6, 6.07) is 0. The highest BCUT2D eigenvalue weighted by Gasteiger charge is 2.07. The van der Waals surface area contributed by atoms with Gasteiger partial charge in [0.2, 0.25) is 0 Å². The first-order valence-electron chi connectivity index (χ1n) is 2.47. The molecule has 39 valence electrons. The lowest BCUT2D eigenvalue weighted by molar-refractivity contribution is 0.188. The van der Waals surface area contributed by atoms with Gasteiger partial charge in [-0.2, -0.15) is 0 Å². The fourth-order valence-corrected chi connectivity index (χ4v) is 0.652. The molecule has 3 radical (unpaired) electrons. The average molecular weight is 96.9 g/mol. The van der Waals surface area contributed by atoms with Crippen LogP contribution >= 0.6 is 0 Å². The molecule has 0 aromatic rings. The van der Waals surface area contributed by atoms with Gasteiger partial charge in [0.15, 0.2) is 0 Å². The van der Waals surface area contributed by atoms with Crippen LogP contribution in [0, 0.1) is 5.92 Å². The number of ether oxygens (including phenoxy) is 1. The van der Waals surface area contributed by atoms with Gasteiger partial charge in [-0.3, -0.25) is 0 Å². The molecule has 2 heteroatoms. The zero-order valence-corrected chi connectivity index (χ0v) is 4.68. The molecule has 7 heavy (non-hydrogen) atoms. The Bertz CT molecular complexity index is 41.3. The maximum Gasteiger partial charge on any atom is 0.0492 e. The molecular weight excluding hydrogens is 86.9 g/mol. The number of hydrogen-bond donors (Lipinski definition) is 0. The monoisotopic (exact) mass is 97.1 g/mol. The summed E-state index contributed by atoms with van der Waals surface area (Å²) >= 11 is 0. The lowest BCUT2D eigenvalue weighted by Gasteiger charge is -1.89. The van der Waals surface area contributed by atoms with Crippen molar-refractivity contribution in [2.75, 3.05) is 13.2 Å². The van der Waals surface area contributed by atoms with Gasteiger partial charge in [-0.25, -0.2) is 0 Å². The highest BCUT2D eigenvalue weighted by Crippen LogP contribution is 2.09. The van der Waals surface area contributed by atoms with Gasteiger partial charge in [0.05, 0.1) is 0 Å². The summed E-state index contributed by atoms with van der Waals surface area (Å²) in [5, 5.41) is 0. The number of hydrogen-bond acceptors (Lipinski definition) is 1. The SMILES string of the molecule is CC1CCOC1.[B]. The van der Waals surface area contributed by atoms with Crippen LogP contribution in [0.4, 0.5) is 0 Å². The summed E-state index contributed by atoms with van der Waals surface area (Å²) in [5.74, 6) is 0.824. The van der Waals surface area contributed by atoms with E-state index in [2.05, 4.69) is 6.92 Å². The van der Waals surface area contributed by atoms with Crippen molar-refractivity contribution in [2.24, 2.45) is 5.92 Å². The highest BCUT2D eigenvalue weighted by atomic mass is 16.5. The molecule has 1 rings (SSSR count). The van der Waals surface area contributed by atoms with E-state index < -0.39 is 0 Å². The summed E-state index contributed by atoms with van der Waals surface area (Å²) < 4.78 is 5.06. The van der Waals surface area contributed by atoms with Crippen LogP contribution in [0.5, 0.6) is 0 Å². The van der Waals surface area contributed by atoms with Crippen molar-refractivity contribution in [2.45, 2.75) is 13.3 Å². The molecule has 1 nitrogen and oxygen atoms in total. The van der Waals surface area contributed by atoms with E-state index in [-0.39, 0.29) is 8.41 Å². The standard InChI is InChI=1S/C5H10O.B/c1-5-2-3-6-4-5;/h5H,2-4H2,1H3;. The van der Waals surface area contributed by atoms with Crippen molar-refractivity contribution < 1.29 is 4.74 Å². The Morgan fingerprint density at radius 1 is 1.57 bits per heavy atom. The Morgan fingerprint density at radius 2 is 2.29 bits per heavy atom. The van der Waals surface area contributed by atoms with E-state index in [1.807, 2.05) is 0 Å². The van der Waals surface area contributed by atoms with Crippen LogP contribution in [-0.2, 0) is 4.74 Å². The fraction of sp³-hybridized carbons (Fsp3) is 1.00. The Morgan fingerprint density at radius 3 is 2.43 bits per heavy atom. The molecule has 1 aliphatic heterocycles. The molecule has 0 aromatic carbocycles. The zero-order chi connectivity index (χ0) is 4.41. The zero-order valence-electron chi connectivity index (χ0n) is 4.68. The van der Waals surface area contributed by atoms with Gasteiger partial charge in [-0.15, -0.1) is 0 Å². The van der Waals surface area contributed by atoms with Crippen LogP contribution in [0.1, 0.15) is 13.3 Å². The van der Waals surface area contributed by atoms with E-state index >= 15 is 0 Å². The molecule has 1 atom stereocenters. The fourth-order valence-electron chi connectivity index (χ4n) is 0.652. The van der Waals surface area contributed by atoms with Gasteiger partial charge in [0.1, 0.15) is 0 Å². The van der Waals surface area contributed by atoms with E-state index in [1.54, 1.807) is 0 Å². The van der Waals surface area contributed by atoms with Gasteiger partial charge in [-0.05, 0) is 12.3 Å². The first-order chi connectivity index (χ1) is 2.89. The molecule has 1 unspecified atom stereocenters. The molecule has 1 fully saturated rings. The Hall–Kier alpha value is 0.0249. The molecule has 1 heterocycles. The first kappa shape index (κ1) is 7.02. The minimum atomic E-state index is 0. The van der Waals surface area contributed by atoms with Gasteiger partial charge in [-0.1, -0.05) is 6.92 Å². The predicted octanol–water partition coefficient (Wildman–Crippen LogP) is 0.662. The Labute approximate surface area is 46.6 Å². The minimum absolute atomic E-state index is 0. The third-order valence-corrected chi connectivity index (χ3v) is 1.16. The largest absolute Gasteiger partial charge is 0.381 e. The van der Waals surface area contributed by atoms with E-state index in [4.69, 9.17) is 4.74 Å². The molecule has 0 aliphatic carbocycles. The summed E-state index contributed by atoms with van der Waals surface area (Å²) in [4.78, 5) is 0. The smallest absolute Gasteiger partial charge is 0.0492 e. The summed E-state index contributed by atoms with van der Waals surface area (Å²) in [6.07, 6.45) is 1.26. The molecule has 0 aromatic heterocycles. The van der Waals surface area contributed by atoms with Gasteiger partial charge < -0.3 is 4.74 Å². The molecule has 0 amide bonds. The van der Waals surface area contributed by atoms with Gasteiger partial charge in [0, 0.05) is 21.6 Å². The minimum Gasteiger partial charge on any atom is -0.381 e. The second kappa shape index (κ2) is 3.08. The van der Waals surface area contributed by atoms with Crippen LogP contribution in [0.3, 0.4) is 0 Å². The second-order valence-electron chi connectivity index (χ2n) is 1.97. The summed E-state index contributed by atoms with van der Waals surface area (Å²) in [7, 11) is 0. The van der Waals surface area contributed by atoms with Crippen molar-refractivity contribution in [3.63, 3.8) is 0 Å². The quantitative estimate of drug-likeness (QED) is 0.403. The summed E-state index contributed by atoms with van der Waals surface area (Å²) in [5.41, 5.74) is 0. The van der Waals surface area contributed by atoms with E-state index in [1.165, 1.54) is 6.42 Å². The van der Waals surface area contributed by atoms with E-state index in [0.717, 1.165) is 19.1 Å². The van der Waals surface area contributed by atoms with Crippen molar-refractivity contribution >= 4 is 8.41 Å². The predicted molar refractivity (Wildman–Crippen MR) is 30.4 cm³/mol. The molecule has 0 bridgehead atoms. The van der Waals surface area contributed by atoms with Gasteiger partial charge >= 0.3 is 0 Å². The van der Waals surface area contributed by atoms with Crippen LogP contribution in [-0.4, -0.2) is 21.6 Å². The molecule has 0 spiro atoms. The molecule has 0 N–H and O–H groups in total. The van der Waals surface area contributed by atoms with Crippen molar-refractivity contribution in [3.8, 4) is 0 Å². The Balaban J connectivity index is 0.000000360.